The van der Waals surface area contributed by atoms with Gasteiger partial charge in [-0.15, -0.1) is 0 Å². The van der Waals surface area contributed by atoms with Crippen molar-refractivity contribution in [2.24, 2.45) is 0 Å². The Labute approximate surface area is 129 Å². The average Bonchev–Trinajstić information content (AvgIpc) is 2.48. The lowest BCUT2D eigenvalue weighted by atomic mass is 10.2. The molecule has 0 aliphatic rings. The predicted molar refractivity (Wildman–Crippen MR) is 83.9 cm³/mol. The Kier molecular flexibility index (Phi) is 5.08. The van der Waals surface area contributed by atoms with E-state index < -0.39 is 0 Å². The zero-order valence-corrected chi connectivity index (χ0v) is 12.9. The molecule has 0 aliphatic heterocycles. The maximum atomic E-state index is 5.79. The third-order valence-corrected chi connectivity index (χ3v) is 2.99. The highest BCUT2D eigenvalue weighted by Gasteiger charge is 2.07. The number of methoxy groups -OCH3 is 1. The van der Waals surface area contributed by atoms with Crippen LogP contribution < -0.4 is 9.47 Å². The van der Waals surface area contributed by atoms with Crippen LogP contribution in [-0.2, 0) is 0 Å². The molecule has 3 nitrogen and oxygen atoms in total. The fraction of sp³-hybridized carbons (Fsp3) is 0.235. The van der Waals surface area contributed by atoms with E-state index in [0.29, 0.717) is 16.7 Å². The van der Waals surface area contributed by atoms with Crippen molar-refractivity contribution in [2.45, 2.75) is 20.0 Å². The summed E-state index contributed by atoms with van der Waals surface area (Å²) in [6, 6.07) is 9.32. The summed E-state index contributed by atoms with van der Waals surface area (Å²) in [6.07, 6.45) is 1.37. The molecule has 1 atom stereocenters. The van der Waals surface area contributed by atoms with Gasteiger partial charge in [0.05, 0.1) is 7.11 Å². The van der Waals surface area contributed by atoms with E-state index in [9.17, 15) is 0 Å². The SMILES string of the molecule is COc1cc(C)ccc1OC(C)C#Cc1ccc(Cl)nc1. The number of rotatable bonds is 3. The van der Waals surface area contributed by atoms with Crippen LogP contribution in [0.5, 0.6) is 11.5 Å². The van der Waals surface area contributed by atoms with Crippen LogP contribution in [0.1, 0.15) is 18.1 Å². The summed E-state index contributed by atoms with van der Waals surface area (Å²) in [4.78, 5) is 3.98. The van der Waals surface area contributed by atoms with Crippen LogP contribution in [0.3, 0.4) is 0 Å². The molecule has 4 heteroatoms. The molecule has 0 N–H and O–H groups in total. The van der Waals surface area contributed by atoms with Gasteiger partial charge in [-0.05, 0) is 43.7 Å². The number of aryl methyl sites for hydroxylation is 1. The van der Waals surface area contributed by atoms with Gasteiger partial charge in [0.25, 0.3) is 0 Å². The summed E-state index contributed by atoms with van der Waals surface area (Å²) >= 11 is 5.73. The average molecular weight is 302 g/mol. The predicted octanol–water partition coefficient (Wildman–Crippen LogP) is 3.87. The van der Waals surface area contributed by atoms with Gasteiger partial charge in [-0.25, -0.2) is 4.98 Å². The minimum absolute atomic E-state index is 0.266. The van der Waals surface area contributed by atoms with Crippen molar-refractivity contribution in [1.82, 2.24) is 4.98 Å². The molecule has 1 aromatic carbocycles. The Morgan fingerprint density at radius 3 is 2.67 bits per heavy atom. The zero-order valence-electron chi connectivity index (χ0n) is 12.2. The van der Waals surface area contributed by atoms with E-state index in [1.165, 1.54) is 0 Å². The van der Waals surface area contributed by atoms with E-state index in [0.717, 1.165) is 11.1 Å². The van der Waals surface area contributed by atoms with E-state index >= 15 is 0 Å². The van der Waals surface area contributed by atoms with E-state index in [2.05, 4.69) is 16.8 Å². The molecule has 0 aliphatic carbocycles. The first-order valence-electron chi connectivity index (χ1n) is 6.53. The number of ether oxygens (including phenoxy) is 2. The molecule has 2 aromatic rings. The minimum atomic E-state index is -0.266. The Bertz CT molecular complexity index is 671. The van der Waals surface area contributed by atoms with Gasteiger partial charge >= 0.3 is 0 Å². The van der Waals surface area contributed by atoms with Crippen molar-refractivity contribution in [3.8, 4) is 23.3 Å². The summed E-state index contributed by atoms with van der Waals surface area (Å²) in [5, 5.41) is 0.453. The second kappa shape index (κ2) is 7.01. The molecule has 0 radical (unpaired) electrons. The second-order valence-electron chi connectivity index (χ2n) is 4.55. The number of aromatic nitrogens is 1. The molecular formula is C17H16ClNO2. The summed E-state index contributed by atoms with van der Waals surface area (Å²) in [5.74, 6) is 7.41. The molecule has 0 saturated heterocycles. The van der Waals surface area contributed by atoms with Crippen LogP contribution in [0.2, 0.25) is 5.15 Å². The number of hydrogen-bond donors (Lipinski definition) is 0. The van der Waals surface area contributed by atoms with E-state index in [-0.39, 0.29) is 6.10 Å². The first-order valence-corrected chi connectivity index (χ1v) is 6.90. The molecule has 0 saturated carbocycles. The lowest BCUT2D eigenvalue weighted by Gasteiger charge is -2.13. The van der Waals surface area contributed by atoms with Gasteiger partial charge in [-0.2, -0.15) is 0 Å². The highest BCUT2D eigenvalue weighted by molar-refractivity contribution is 6.29. The van der Waals surface area contributed by atoms with E-state index in [4.69, 9.17) is 21.1 Å². The van der Waals surface area contributed by atoms with Crippen LogP contribution in [0, 0.1) is 18.8 Å². The molecule has 1 heterocycles. The molecule has 0 amide bonds. The van der Waals surface area contributed by atoms with Crippen molar-refractivity contribution in [2.75, 3.05) is 7.11 Å². The molecule has 2 rings (SSSR count). The molecule has 1 aromatic heterocycles. The quantitative estimate of drug-likeness (QED) is 0.637. The summed E-state index contributed by atoms with van der Waals surface area (Å²) in [5.41, 5.74) is 1.91. The van der Waals surface area contributed by atoms with Gasteiger partial charge in [0.15, 0.2) is 17.6 Å². The standard InChI is InChI=1S/C17H16ClNO2/c1-12-4-8-15(16(10-12)20-3)21-13(2)5-6-14-7-9-17(18)19-11-14/h4,7-11,13H,1-3H3. The van der Waals surface area contributed by atoms with Gasteiger partial charge in [-0.1, -0.05) is 29.5 Å². The third kappa shape index (κ3) is 4.40. The van der Waals surface area contributed by atoms with Crippen molar-refractivity contribution in [3.05, 3.63) is 52.8 Å². The third-order valence-electron chi connectivity index (χ3n) is 2.77. The summed E-state index contributed by atoms with van der Waals surface area (Å²) in [6.45, 7) is 3.89. The van der Waals surface area contributed by atoms with Crippen molar-refractivity contribution in [1.29, 1.82) is 0 Å². The van der Waals surface area contributed by atoms with Crippen molar-refractivity contribution < 1.29 is 9.47 Å². The number of pyridine rings is 1. The van der Waals surface area contributed by atoms with E-state index in [1.54, 1.807) is 19.4 Å². The van der Waals surface area contributed by atoms with Crippen LogP contribution in [-0.4, -0.2) is 18.2 Å². The Morgan fingerprint density at radius 1 is 1.19 bits per heavy atom. The maximum Gasteiger partial charge on any atom is 0.163 e. The Balaban J connectivity index is 2.08. The maximum absolute atomic E-state index is 5.79. The van der Waals surface area contributed by atoms with Gasteiger partial charge in [0.1, 0.15) is 5.15 Å². The van der Waals surface area contributed by atoms with Gasteiger partial charge in [0.2, 0.25) is 0 Å². The lowest BCUT2D eigenvalue weighted by molar-refractivity contribution is 0.262. The van der Waals surface area contributed by atoms with Crippen molar-refractivity contribution in [3.63, 3.8) is 0 Å². The molecule has 0 bridgehead atoms. The smallest absolute Gasteiger partial charge is 0.163 e. The monoisotopic (exact) mass is 301 g/mol. The molecule has 21 heavy (non-hydrogen) atoms. The summed E-state index contributed by atoms with van der Waals surface area (Å²) in [7, 11) is 1.62. The van der Waals surface area contributed by atoms with Crippen LogP contribution in [0.4, 0.5) is 0 Å². The van der Waals surface area contributed by atoms with Gasteiger partial charge in [0, 0.05) is 11.8 Å². The number of hydrogen-bond acceptors (Lipinski definition) is 3. The highest BCUT2D eigenvalue weighted by Crippen LogP contribution is 2.28. The summed E-state index contributed by atoms with van der Waals surface area (Å²) < 4.78 is 11.1. The molecular weight excluding hydrogens is 286 g/mol. The van der Waals surface area contributed by atoms with Crippen molar-refractivity contribution >= 4 is 11.6 Å². The van der Waals surface area contributed by atoms with E-state index in [1.807, 2.05) is 38.1 Å². The van der Waals surface area contributed by atoms with Crippen LogP contribution in [0.15, 0.2) is 36.5 Å². The first kappa shape index (κ1) is 15.2. The number of benzene rings is 1. The normalized spacial score (nSPS) is 11.2. The zero-order chi connectivity index (χ0) is 15.2. The lowest BCUT2D eigenvalue weighted by Crippen LogP contribution is -2.09. The number of nitrogens with zero attached hydrogens (tertiary/aromatic N) is 1. The second-order valence-corrected chi connectivity index (χ2v) is 4.94. The van der Waals surface area contributed by atoms with Crippen LogP contribution in [0.25, 0.3) is 0 Å². The first-order chi connectivity index (χ1) is 10.1. The van der Waals surface area contributed by atoms with Gasteiger partial charge in [-0.3, -0.25) is 0 Å². The largest absolute Gasteiger partial charge is 0.493 e. The Morgan fingerprint density at radius 2 is 2.00 bits per heavy atom. The molecule has 0 fully saturated rings. The van der Waals surface area contributed by atoms with Gasteiger partial charge < -0.3 is 9.47 Å². The fourth-order valence-corrected chi connectivity index (χ4v) is 1.84. The topological polar surface area (TPSA) is 31.4 Å². The Hall–Kier alpha value is -2.18. The molecule has 108 valence electrons. The fourth-order valence-electron chi connectivity index (χ4n) is 1.73. The molecule has 1 unspecified atom stereocenters. The van der Waals surface area contributed by atoms with Crippen LogP contribution >= 0.6 is 11.6 Å². The molecule has 0 spiro atoms. The highest BCUT2D eigenvalue weighted by atomic mass is 35.5. The number of halogens is 1. The minimum Gasteiger partial charge on any atom is -0.493 e.